The average Bonchev–Trinajstić information content (AvgIpc) is 2.91. The molecule has 1 aromatic rings. The van der Waals surface area contributed by atoms with Crippen molar-refractivity contribution in [2.24, 2.45) is 17.8 Å². The van der Waals surface area contributed by atoms with Crippen LogP contribution in [0.2, 0.25) is 0 Å². The van der Waals surface area contributed by atoms with E-state index < -0.39 is 0 Å². The number of hydrogen-bond acceptors (Lipinski definition) is 2. The molecule has 1 N–H and O–H groups in total. The summed E-state index contributed by atoms with van der Waals surface area (Å²) in [7, 11) is 2.10. The molecule has 18 heavy (non-hydrogen) atoms. The van der Waals surface area contributed by atoms with Crippen LogP contribution < -0.4 is 5.32 Å². The van der Waals surface area contributed by atoms with Crippen molar-refractivity contribution in [2.75, 3.05) is 13.6 Å². The number of nitrogens with one attached hydrogen (secondary N) is 1. The molecule has 1 aliphatic rings. The highest BCUT2D eigenvalue weighted by molar-refractivity contribution is 7.07. The van der Waals surface area contributed by atoms with E-state index in [-0.39, 0.29) is 0 Å². The highest BCUT2D eigenvalue weighted by atomic mass is 32.1. The molecule has 1 nitrogen and oxygen atoms in total. The fourth-order valence-electron chi connectivity index (χ4n) is 3.47. The summed E-state index contributed by atoms with van der Waals surface area (Å²) in [5.41, 5.74) is 1.54. The van der Waals surface area contributed by atoms with E-state index in [2.05, 4.69) is 36.1 Å². The molecule has 0 radical (unpaired) electrons. The van der Waals surface area contributed by atoms with Gasteiger partial charge in [-0.15, -0.1) is 0 Å². The number of aryl methyl sites for hydroxylation is 1. The molecule has 1 aromatic heterocycles. The Bertz CT molecular complexity index is 320. The van der Waals surface area contributed by atoms with Gasteiger partial charge < -0.3 is 5.32 Å². The molecule has 0 aromatic carbocycles. The predicted octanol–water partition coefficient (Wildman–Crippen LogP) is 4.34. The van der Waals surface area contributed by atoms with Crippen molar-refractivity contribution in [3.05, 3.63) is 22.4 Å². The van der Waals surface area contributed by atoms with Crippen LogP contribution >= 0.6 is 11.3 Å². The predicted molar refractivity (Wildman–Crippen MR) is 81.2 cm³/mol. The van der Waals surface area contributed by atoms with Crippen LogP contribution in [-0.2, 0) is 6.42 Å². The summed E-state index contributed by atoms with van der Waals surface area (Å²) in [6.45, 7) is 3.57. The van der Waals surface area contributed by atoms with Crippen LogP contribution in [-0.4, -0.2) is 13.6 Å². The zero-order valence-electron chi connectivity index (χ0n) is 11.8. The Hall–Kier alpha value is -0.340. The Morgan fingerprint density at radius 3 is 2.89 bits per heavy atom. The molecule has 1 fully saturated rings. The third-order valence-corrected chi connectivity index (χ3v) is 5.41. The largest absolute Gasteiger partial charge is 0.319 e. The quantitative estimate of drug-likeness (QED) is 0.806. The van der Waals surface area contributed by atoms with Gasteiger partial charge in [-0.25, -0.2) is 0 Å². The van der Waals surface area contributed by atoms with Gasteiger partial charge >= 0.3 is 0 Å². The maximum atomic E-state index is 3.40. The summed E-state index contributed by atoms with van der Waals surface area (Å²) >= 11 is 1.83. The lowest BCUT2D eigenvalue weighted by Gasteiger charge is -2.36. The summed E-state index contributed by atoms with van der Waals surface area (Å²) in [5, 5.41) is 7.91. The zero-order valence-corrected chi connectivity index (χ0v) is 12.6. The summed E-state index contributed by atoms with van der Waals surface area (Å²) in [5.74, 6) is 2.85. The first kappa shape index (κ1) is 14.1. The van der Waals surface area contributed by atoms with Crippen LogP contribution in [0.25, 0.3) is 0 Å². The van der Waals surface area contributed by atoms with Gasteiger partial charge in [-0.2, -0.15) is 11.3 Å². The standard InChI is InChI=1S/C16H27NS/c1-3-13-4-7-16(11-17-2)15(10-13)6-5-14-8-9-18-12-14/h8-9,12-13,15-17H,3-7,10-11H2,1-2H3. The zero-order chi connectivity index (χ0) is 12.8. The fraction of sp³-hybridized carbons (Fsp3) is 0.750. The Balaban J connectivity index is 1.87. The molecule has 1 heterocycles. The molecule has 102 valence electrons. The number of thiophene rings is 1. The second kappa shape index (κ2) is 7.30. The smallest absolute Gasteiger partial charge is 0.00209 e. The first-order chi connectivity index (χ1) is 8.83. The molecular formula is C16H27NS. The second-order valence-electron chi connectivity index (χ2n) is 5.84. The molecule has 2 heteroatoms. The molecule has 2 rings (SSSR count). The van der Waals surface area contributed by atoms with Crippen LogP contribution in [0.4, 0.5) is 0 Å². The molecular weight excluding hydrogens is 238 g/mol. The summed E-state index contributed by atoms with van der Waals surface area (Å²) in [6.07, 6.45) is 8.41. The van der Waals surface area contributed by atoms with Gasteiger partial charge in [-0.1, -0.05) is 19.8 Å². The van der Waals surface area contributed by atoms with Crippen molar-refractivity contribution >= 4 is 11.3 Å². The minimum absolute atomic E-state index is 0.913. The first-order valence-electron chi connectivity index (χ1n) is 7.49. The summed E-state index contributed by atoms with van der Waals surface area (Å²) in [4.78, 5) is 0. The molecule has 0 aliphatic heterocycles. The van der Waals surface area contributed by atoms with E-state index in [1.54, 1.807) is 5.56 Å². The van der Waals surface area contributed by atoms with Crippen molar-refractivity contribution < 1.29 is 0 Å². The minimum atomic E-state index is 0.913. The lowest BCUT2D eigenvalue weighted by molar-refractivity contribution is 0.165. The van der Waals surface area contributed by atoms with Crippen molar-refractivity contribution in [2.45, 2.75) is 45.4 Å². The van der Waals surface area contributed by atoms with E-state index in [4.69, 9.17) is 0 Å². The monoisotopic (exact) mass is 265 g/mol. The van der Waals surface area contributed by atoms with E-state index in [0.29, 0.717) is 0 Å². The topological polar surface area (TPSA) is 12.0 Å². The summed E-state index contributed by atoms with van der Waals surface area (Å²) in [6, 6.07) is 2.29. The van der Waals surface area contributed by atoms with Gasteiger partial charge in [0.25, 0.3) is 0 Å². The molecule has 0 amide bonds. The Labute approximate surface area is 116 Å². The van der Waals surface area contributed by atoms with Gasteiger partial charge in [0.15, 0.2) is 0 Å². The van der Waals surface area contributed by atoms with E-state index in [9.17, 15) is 0 Å². The average molecular weight is 265 g/mol. The van der Waals surface area contributed by atoms with Crippen molar-refractivity contribution in [1.82, 2.24) is 5.32 Å². The van der Waals surface area contributed by atoms with E-state index >= 15 is 0 Å². The Kier molecular flexibility index (Phi) is 5.71. The van der Waals surface area contributed by atoms with Gasteiger partial charge in [0, 0.05) is 0 Å². The van der Waals surface area contributed by atoms with Crippen LogP contribution in [0.3, 0.4) is 0 Å². The maximum absolute atomic E-state index is 3.40. The second-order valence-corrected chi connectivity index (χ2v) is 6.62. The first-order valence-corrected chi connectivity index (χ1v) is 8.43. The van der Waals surface area contributed by atoms with Crippen molar-refractivity contribution in [3.8, 4) is 0 Å². The molecule has 3 atom stereocenters. The van der Waals surface area contributed by atoms with Crippen molar-refractivity contribution in [1.29, 1.82) is 0 Å². The van der Waals surface area contributed by atoms with Crippen molar-refractivity contribution in [3.63, 3.8) is 0 Å². The van der Waals surface area contributed by atoms with Gasteiger partial charge in [-0.3, -0.25) is 0 Å². The lowest BCUT2D eigenvalue weighted by atomic mass is 9.71. The van der Waals surface area contributed by atoms with E-state index in [1.807, 2.05) is 11.3 Å². The van der Waals surface area contributed by atoms with Gasteiger partial charge in [-0.05, 0) is 79.4 Å². The van der Waals surface area contributed by atoms with Crippen LogP contribution in [0.15, 0.2) is 16.8 Å². The van der Waals surface area contributed by atoms with Crippen LogP contribution in [0.5, 0.6) is 0 Å². The molecule has 0 saturated heterocycles. The SMILES string of the molecule is CCC1CCC(CNC)C(CCc2ccsc2)C1. The lowest BCUT2D eigenvalue weighted by Crippen LogP contribution is -2.32. The van der Waals surface area contributed by atoms with Crippen LogP contribution in [0, 0.1) is 17.8 Å². The fourth-order valence-corrected chi connectivity index (χ4v) is 4.17. The maximum Gasteiger partial charge on any atom is -0.00209 e. The third kappa shape index (κ3) is 3.83. The molecule has 0 spiro atoms. The molecule has 3 unspecified atom stereocenters. The van der Waals surface area contributed by atoms with Gasteiger partial charge in [0.1, 0.15) is 0 Å². The number of rotatable bonds is 6. The van der Waals surface area contributed by atoms with Crippen LogP contribution in [0.1, 0.15) is 44.6 Å². The van der Waals surface area contributed by atoms with E-state index in [1.165, 1.54) is 45.1 Å². The molecule has 0 bridgehead atoms. The minimum Gasteiger partial charge on any atom is -0.319 e. The molecule has 1 saturated carbocycles. The molecule has 1 aliphatic carbocycles. The van der Waals surface area contributed by atoms with Gasteiger partial charge in [0.2, 0.25) is 0 Å². The number of hydrogen-bond donors (Lipinski definition) is 1. The van der Waals surface area contributed by atoms with Gasteiger partial charge in [0.05, 0.1) is 0 Å². The third-order valence-electron chi connectivity index (χ3n) is 4.68. The Morgan fingerprint density at radius 2 is 2.22 bits per heavy atom. The normalized spacial score (nSPS) is 28.4. The highest BCUT2D eigenvalue weighted by Gasteiger charge is 2.28. The Morgan fingerprint density at radius 1 is 1.33 bits per heavy atom. The van der Waals surface area contributed by atoms with E-state index in [0.717, 1.165) is 17.8 Å². The summed E-state index contributed by atoms with van der Waals surface area (Å²) < 4.78 is 0. The highest BCUT2D eigenvalue weighted by Crippen LogP contribution is 2.37.